The van der Waals surface area contributed by atoms with Crippen LogP contribution in [0.2, 0.25) is 0 Å². The summed E-state index contributed by atoms with van der Waals surface area (Å²) in [5.74, 6) is 1.05. The molecule has 1 atom stereocenters. The van der Waals surface area contributed by atoms with Crippen LogP contribution < -0.4 is 14.8 Å². The van der Waals surface area contributed by atoms with Crippen LogP contribution in [-0.2, 0) is 4.74 Å². The molecule has 1 aromatic carbocycles. The predicted octanol–water partition coefficient (Wildman–Crippen LogP) is 2.54. The van der Waals surface area contributed by atoms with E-state index in [1.165, 1.54) is 14.2 Å². The maximum absolute atomic E-state index is 12.1. The lowest BCUT2D eigenvalue weighted by Gasteiger charge is -2.22. The topological polar surface area (TPSA) is 39.7 Å². The monoisotopic (exact) mass is 293 g/mol. The molecule has 0 bridgehead atoms. The van der Waals surface area contributed by atoms with Crippen molar-refractivity contribution in [1.82, 2.24) is 5.32 Å². The third kappa shape index (κ3) is 4.57. The molecule has 0 aliphatic rings. The van der Waals surface area contributed by atoms with E-state index in [4.69, 9.17) is 14.2 Å². The van der Waals surface area contributed by atoms with E-state index in [2.05, 4.69) is 5.32 Å². The van der Waals surface area contributed by atoms with E-state index < -0.39 is 18.8 Å². The van der Waals surface area contributed by atoms with E-state index in [1.54, 1.807) is 25.2 Å². The van der Waals surface area contributed by atoms with Gasteiger partial charge in [0.25, 0.3) is 0 Å². The molecule has 20 heavy (non-hydrogen) atoms. The van der Waals surface area contributed by atoms with Gasteiger partial charge in [0.2, 0.25) is 0 Å². The molecule has 0 spiro atoms. The van der Waals surface area contributed by atoms with Crippen molar-refractivity contribution in [3.8, 4) is 11.5 Å². The Morgan fingerprint density at radius 3 is 2.10 bits per heavy atom. The molecular weight excluding hydrogens is 275 g/mol. The number of ether oxygens (including phenoxy) is 3. The zero-order valence-electron chi connectivity index (χ0n) is 11.6. The zero-order chi connectivity index (χ0) is 15.2. The van der Waals surface area contributed by atoms with E-state index in [9.17, 15) is 13.2 Å². The van der Waals surface area contributed by atoms with Gasteiger partial charge >= 0.3 is 6.18 Å². The van der Waals surface area contributed by atoms with Crippen LogP contribution in [0.25, 0.3) is 0 Å². The number of methoxy groups -OCH3 is 2. The molecule has 0 saturated carbocycles. The van der Waals surface area contributed by atoms with Gasteiger partial charge in [-0.15, -0.1) is 0 Å². The molecule has 0 radical (unpaired) electrons. The molecule has 114 valence electrons. The van der Waals surface area contributed by atoms with Crippen LogP contribution in [0.15, 0.2) is 18.2 Å². The Balaban J connectivity index is 2.88. The summed E-state index contributed by atoms with van der Waals surface area (Å²) in [6.07, 6.45) is -4.34. The van der Waals surface area contributed by atoms with Gasteiger partial charge in [0.15, 0.2) is 0 Å². The zero-order valence-corrected chi connectivity index (χ0v) is 11.6. The minimum Gasteiger partial charge on any atom is -0.496 e. The average Bonchev–Trinajstić information content (AvgIpc) is 2.41. The quantitative estimate of drug-likeness (QED) is 0.838. The lowest BCUT2D eigenvalue weighted by atomic mass is 10.1. The Hall–Kier alpha value is -1.47. The van der Waals surface area contributed by atoms with Gasteiger partial charge in [0.1, 0.15) is 18.1 Å². The number of hydrogen-bond acceptors (Lipinski definition) is 4. The van der Waals surface area contributed by atoms with Crippen LogP contribution in [0, 0.1) is 0 Å². The van der Waals surface area contributed by atoms with E-state index in [0.717, 1.165) is 0 Å². The van der Waals surface area contributed by atoms with Gasteiger partial charge in [-0.1, -0.05) is 6.07 Å². The van der Waals surface area contributed by atoms with Crippen molar-refractivity contribution in [3.05, 3.63) is 23.8 Å². The molecule has 0 heterocycles. The average molecular weight is 293 g/mol. The highest BCUT2D eigenvalue weighted by atomic mass is 19.4. The molecule has 0 aliphatic carbocycles. The number of alkyl halides is 3. The van der Waals surface area contributed by atoms with Gasteiger partial charge < -0.3 is 19.5 Å². The van der Waals surface area contributed by atoms with Gasteiger partial charge in [-0.25, -0.2) is 0 Å². The first kappa shape index (κ1) is 16.6. The molecule has 0 saturated heterocycles. The number of halogens is 3. The molecule has 0 aromatic heterocycles. The summed E-state index contributed by atoms with van der Waals surface area (Å²) in [5, 5.41) is 2.90. The van der Waals surface area contributed by atoms with Crippen LogP contribution in [0.4, 0.5) is 13.2 Å². The number of likely N-dealkylation sites (N-methyl/N-ethyl adjacent to an activating group) is 1. The maximum Gasteiger partial charge on any atom is 0.411 e. The molecule has 1 N–H and O–H groups in total. The maximum atomic E-state index is 12.1. The Kier molecular flexibility index (Phi) is 6.09. The highest BCUT2D eigenvalue weighted by molar-refractivity contribution is 5.47. The second kappa shape index (κ2) is 7.35. The molecule has 0 fully saturated rings. The molecule has 7 heteroatoms. The lowest BCUT2D eigenvalue weighted by molar-refractivity contribution is -0.175. The van der Waals surface area contributed by atoms with E-state index in [0.29, 0.717) is 17.1 Å². The first-order chi connectivity index (χ1) is 9.42. The Morgan fingerprint density at radius 1 is 1.15 bits per heavy atom. The van der Waals surface area contributed by atoms with Gasteiger partial charge in [-0.2, -0.15) is 13.2 Å². The summed E-state index contributed by atoms with van der Waals surface area (Å²) >= 11 is 0. The van der Waals surface area contributed by atoms with E-state index in [1.807, 2.05) is 0 Å². The van der Waals surface area contributed by atoms with Gasteiger partial charge in [-0.05, 0) is 19.2 Å². The van der Waals surface area contributed by atoms with E-state index >= 15 is 0 Å². The Labute approximate surface area is 115 Å². The fourth-order valence-corrected chi connectivity index (χ4v) is 1.83. The van der Waals surface area contributed by atoms with Crippen molar-refractivity contribution < 1.29 is 27.4 Å². The lowest BCUT2D eigenvalue weighted by Crippen LogP contribution is -2.26. The van der Waals surface area contributed by atoms with Crippen molar-refractivity contribution in [2.45, 2.75) is 12.2 Å². The largest absolute Gasteiger partial charge is 0.496 e. The van der Waals surface area contributed by atoms with Crippen molar-refractivity contribution in [1.29, 1.82) is 0 Å². The molecule has 4 nitrogen and oxygen atoms in total. The van der Waals surface area contributed by atoms with E-state index in [-0.39, 0.29) is 6.61 Å². The Morgan fingerprint density at radius 2 is 1.70 bits per heavy atom. The minimum atomic E-state index is -4.34. The minimum absolute atomic E-state index is 0.146. The normalized spacial score (nSPS) is 13.1. The fourth-order valence-electron chi connectivity index (χ4n) is 1.83. The summed E-state index contributed by atoms with van der Waals surface area (Å²) in [5.41, 5.74) is 0.627. The first-order valence-corrected chi connectivity index (χ1v) is 5.95. The summed E-state index contributed by atoms with van der Waals surface area (Å²) < 4.78 is 51.5. The summed E-state index contributed by atoms with van der Waals surface area (Å²) in [4.78, 5) is 0. The van der Waals surface area contributed by atoms with Gasteiger partial charge in [0.05, 0.1) is 32.4 Å². The Bertz CT molecular complexity index is 402. The fraction of sp³-hybridized carbons (Fsp3) is 0.538. The van der Waals surface area contributed by atoms with Gasteiger partial charge in [0, 0.05) is 0 Å². The van der Waals surface area contributed by atoms with Crippen molar-refractivity contribution in [2.24, 2.45) is 0 Å². The SMILES string of the molecule is CNC(COCC(F)(F)F)c1c(OC)cccc1OC. The third-order valence-electron chi connectivity index (χ3n) is 2.71. The van der Waals surface area contributed by atoms with Crippen molar-refractivity contribution >= 4 is 0 Å². The molecule has 0 aliphatic heterocycles. The van der Waals surface area contributed by atoms with Crippen LogP contribution >= 0.6 is 0 Å². The highest BCUT2D eigenvalue weighted by Crippen LogP contribution is 2.34. The standard InChI is InChI=1S/C13H18F3NO3/c1-17-9(7-20-8-13(14,15)16)12-10(18-2)5-4-6-11(12)19-3/h4-6,9,17H,7-8H2,1-3H3. The van der Waals surface area contributed by atoms with Crippen LogP contribution in [-0.4, -0.2) is 40.7 Å². The molecule has 1 unspecified atom stereocenters. The number of nitrogens with one attached hydrogen (secondary N) is 1. The highest BCUT2D eigenvalue weighted by Gasteiger charge is 2.28. The summed E-state index contributed by atoms with van der Waals surface area (Å²) in [7, 11) is 4.61. The van der Waals surface area contributed by atoms with Gasteiger partial charge in [-0.3, -0.25) is 0 Å². The molecule has 0 amide bonds. The van der Waals surface area contributed by atoms with Crippen LogP contribution in [0.3, 0.4) is 0 Å². The smallest absolute Gasteiger partial charge is 0.411 e. The van der Waals surface area contributed by atoms with Crippen LogP contribution in [0.5, 0.6) is 11.5 Å². The molecule has 1 rings (SSSR count). The summed E-state index contributed by atoms with van der Waals surface area (Å²) in [6, 6.07) is 4.70. The summed E-state index contributed by atoms with van der Waals surface area (Å²) in [6.45, 7) is -1.44. The number of hydrogen-bond donors (Lipinski definition) is 1. The molecule has 1 aromatic rings. The molecular formula is C13H18F3NO3. The number of benzene rings is 1. The predicted molar refractivity (Wildman–Crippen MR) is 68.2 cm³/mol. The second-order valence-electron chi connectivity index (χ2n) is 4.05. The van der Waals surface area contributed by atoms with Crippen molar-refractivity contribution in [3.63, 3.8) is 0 Å². The second-order valence-corrected chi connectivity index (χ2v) is 4.05. The van der Waals surface area contributed by atoms with Crippen molar-refractivity contribution in [2.75, 3.05) is 34.5 Å². The third-order valence-corrected chi connectivity index (χ3v) is 2.71. The first-order valence-electron chi connectivity index (χ1n) is 5.95. The van der Waals surface area contributed by atoms with Crippen LogP contribution in [0.1, 0.15) is 11.6 Å². The number of rotatable bonds is 7.